The second-order valence-electron chi connectivity index (χ2n) is 4.34. The number of benzene rings is 2. The summed E-state index contributed by atoms with van der Waals surface area (Å²) < 4.78 is 39.8. The smallest absolute Gasteiger partial charge is 0.261 e. The molecule has 0 fully saturated rings. The summed E-state index contributed by atoms with van der Waals surface area (Å²) >= 11 is 0. The van der Waals surface area contributed by atoms with Crippen molar-refractivity contribution in [2.75, 3.05) is 5.32 Å². The Morgan fingerprint density at radius 1 is 1.14 bits per heavy atom. The molecule has 2 aromatic rings. The van der Waals surface area contributed by atoms with Crippen LogP contribution in [0.3, 0.4) is 0 Å². The molecule has 0 saturated heterocycles. The fraction of sp³-hybridized carbons (Fsp3) is 0.0667. The first-order chi connectivity index (χ1) is 9.92. The van der Waals surface area contributed by atoms with Gasteiger partial charge in [0.15, 0.2) is 0 Å². The number of nitriles is 1. The summed E-state index contributed by atoms with van der Waals surface area (Å²) in [6.45, 7) is 1.66. The highest BCUT2D eigenvalue weighted by atomic mass is 19.1. The van der Waals surface area contributed by atoms with Gasteiger partial charge in [-0.15, -0.1) is 0 Å². The number of anilines is 1. The van der Waals surface area contributed by atoms with E-state index in [1.54, 1.807) is 19.1 Å². The molecular formula is C15H9F3N2O. The zero-order valence-electron chi connectivity index (χ0n) is 10.9. The lowest BCUT2D eigenvalue weighted by Gasteiger charge is -2.10. The van der Waals surface area contributed by atoms with Gasteiger partial charge in [-0.05, 0) is 24.6 Å². The van der Waals surface area contributed by atoms with Crippen molar-refractivity contribution in [3.05, 3.63) is 64.5 Å². The van der Waals surface area contributed by atoms with E-state index in [9.17, 15) is 18.0 Å². The molecule has 0 aliphatic carbocycles. The molecule has 2 rings (SSSR count). The van der Waals surface area contributed by atoms with Gasteiger partial charge in [0.05, 0.1) is 11.6 Å². The van der Waals surface area contributed by atoms with E-state index in [1.807, 2.05) is 6.07 Å². The van der Waals surface area contributed by atoms with Crippen LogP contribution in [0, 0.1) is 35.7 Å². The second kappa shape index (κ2) is 5.67. The number of hydrogen-bond acceptors (Lipinski definition) is 2. The number of hydrogen-bond donors (Lipinski definition) is 1. The summed E-state index contributed by atoms with van der Waals surface area (Å²) in [7, 11) is 0. The van der Waals surface area contributed by atoms with Crippen LogP contribution in [0.4, 0.5) is 18.9 Å². The van der Waals surface area contributed by atoms with E-state index in [4.69, 9.17) is 5.26 Å². The first kappa shape index (κ1) is 14.6. The minimum Gasteiger partial charge on any atom is -0.322 e. The van der Waals surface area contributed by atoms with Gasteiger partial charge in [0.1, 0.15) is 23.0 Å². The zero-order chi connectivity index (χ0) is 15.6. The molecule has 3 nitrogen and oxygen atoms in total. The van der Waals surface area contributed by atoms with Gasteiger partial charge in [0.2, 0.25) is 0 Å². The lowest BCUT2D eigenvalue weighted by atomic mass is 10.1. The predicted molar refractivity (Wildman–Crippen MR) is 70.2 cm³/mol. The average Bonchev–Trinajstić information content (AvgIpc) is 2.40. The van der Waals surface area contributed by atoms with E-state index in [0.717, 1.165) is 0 Å². The Hall–Kier alpha value is -2.81. The molecule has 0 spiro atoms. The third-order valence-corrected chi connectivity index (χ3v) is 2.85. The highest BCUT2D eigenvalue weighted by Gasteiger charge is 2.19. The molecule has 0 aliphatic heterocycles. The molecule has 106 valence electrons. The number of rotatable bonds is 2. The molecule has 0 atom stereocenters. The normalized spacial score (nSPS) is 10.0. The van der Waals surface area contributed by atoms with Gasteiger partial charge in [-0.25, -0.2) is 13.2 Å². The summed E-state index contributed by atoms with van der Waals surface area (Å²) in [5.41, 5.74) is 0.279. The Bertz CT molecular complexity index is 743. The third kappa shape index (κ3) is 3.03. The largest absolute Gasteiger partial charge is 0.322 e. The van der Waals surface area contributed by atoms with E-state index in [-0.39, 0.29) is 11.3 Å². The molecule has 0 saturated carbocycles. The van der Waals surface area contributed by atoms with Gasteiger partial charge >= 0.3 is 0 Å². The number of aryl methyl sites for hydroxylation is 1. The second-order valence-corrected chi connectivity index (χ2v) is 4.34. The van der Waals surface area contributed by atoms with E-state index < -0.39 is 28.9 Å². The maximum absolute atomic E-state index is 13.5. The Kier molecular flexibility index (Phi) is 3.94. The number of carbonyl (C=O) groups is 1. The summed E-state index contributed by atoms with van der Waals surface area (Å²) in [5, 5.41) is 11.1. The van der Waals surface area contributed by atoms with Crippen LogP contribution in [-0.4, -0.2) is 5.91 Å². The monoisotopic (exact) mass is 290 g/mol. The zero-order valence-corrected chi connectivity index (χ0v) is 10.9. The van der Waals surface area contributed by atoms with Crippen molar-refractivity contribution >= 4 is 11.6 Å². The number of nitrogens with one attached hydrogen (secondary N) is 1. The molecule has 21 heavy (non-hydrogen) atoms. The molecule has 0 aliphatic rings. The number of carbonyl (C=O) groups excluding carboxylic acids is 1. The van der Waals surface area contributed by atoms with Crippen molar-refractivity contribution in [1.29, 1.82) is 5.26 Å². The van der Waals surface area contributed by atoms with Crippen LogP contribution in [0.1, 0.15) is 21.5 Å². The molecule has 6 heteroatoms. The Balaban J connectivity index is 2.37. The van der Waals surface area contributed by atoms with Gasteiger partial charge in [-0.2, -0.15) is 5.26 Å². The summed E-state index contributed by atoms with van der Waals surface area (Å²) in [6, 6.07) is 7.26. The molecule has 0 heterocycles. The number of halogens is 3. The Labute approximate surface area is 118 Å². The van der Waals surface area contributed by atoms with E-state index >= 15 is 0 Å². The van der Waals surface area contributed by atoms with Crippen LogP contribution < -0.4 is 5.32 Å². The number of amides is 1. The van der Waals surface area contributed by atoms with Crippen LogP contribution >= 0.6 is 0 Å². The van der Waals surface area contributed by atoms with Crippen molar-refractivity contribution in [1.82, 2.24) is 0 Å². The molecule has 1 amide bonds. The lowest BCUT2D eigenvalue weighted by molar-refractivity contribution is 0.101. The molecule has 2 aromatic carbocycles. The van der Waals surface area contributed by atoms with Crippen molar-refractivity contribution in [2.45, 2.75) is 6.92 Å². The van der Waals surface area contributed by atoms with Gasteiger partial charge in [0, 0.05) is 17.8 Å². The van der Waals surface area contributed by atoms with Gasteiger partial charge in [-0.1, -0.05) is 6.07 Å². The minimum absolute atomic E-state index is 0.252. The highest BCUT2D eigenvalue weighted by molar-refractivity contribution is 6.05. The van der Waals surface area contributed by atoms with Gasteiger partial charge in [-0.3, -0.25) is 4.79 Å². The fourth-order valence-corrected chi connectivity index (χ4v) is 1.77. The molecule has 1 N–H and O–H groups in total. The summed E-state index contributed by atoms with van der Waals surface area (Å²) in [4.78, 5) is 11.9. The Morgan fingerprint density at radius 2 is 1.76 bits per heavy atom. The van der Waals surface area contributed by atoms with Crippen LogP contribution in [-0.2, 0) is 0 Å². The Morgan fingerprint density at radius 3 is 2.33 bits per heavy atom. The van der Waals surface area contributed by atoms with Crippen LogP contribution in [0.15, 0.2) is 30.3 Å². The third-order valence-electron chi connectivity index (χ3n) is 2.85. The molecule has 0 bridgehead atoms. The fourth-order valence-electron chi connectivity index (χ4n) is 1.77. The standard InChI is InChI=1S/C15H9F3N2O/c1-8-2-3-9(7-19)4-13(8)20-15(21)14-11(17)5-10(16)6-12(14)18/h2-6H,1H3,(H,20,21). The minimum atomic E-state index is -1.29. The van der Waals surface area contributed by atoms with E-state index in [0.29, 0.717) is 17.7 Å². The van der Waals surface area contributed by atoms with Crippen LogP contribution in [0.2, 0.25) is 0 Å². The highest BCUT2D eigenvalue weighted by Crippen LogP contribution is 2.20. The maximum atomic E-state index is 13.5. The average molecular weight is 290 g/mol. The first-order valence-corrected chi connectivity index (χ1v) is 5.89. The van der Waals surface area contributed by atoms with E-state index in [1.165, 1.54) is 6.07 Å². The van der Waals surface area contributed by atoms with Crippen LogP contribution in [0.5, 0.6) is 0 Å². The molecule has 0 radical (unpaired) electrons. The maximum Gasteiger partial charge on any atom is 0.261 e. The molecule has 0 aromatic heterocycles. The van der Waals surface area contributed by atoms with Crippen molar-refractivity contribution in [2.24, 2.45) is 0 Å². The van der Waals surface area contributed by atoms with Gasteiger partial charge in [0.25, 0.3) is 5.91 Å². The predicted octanol–water partition coefficient (Wildman–Crippen LogP) is 3.54. The van der Waals surface area contributed by atoms with Crippen molar-refractivity contribution in [3.63, 3.8) is 0 Å². The molecule has 0 unspecified atom stereocenters. The first-order valence-electron chi connectivity index (χ1n) is 5.89. The van der Waals surface area contributed by atoms with Crippen LogP contribution in [0.25, 0.3) is 0 Å². The summed E-state index contributed by atoms with van der Waals surface area (Å²) in [5.74, 6) is -4.74. The van der Waals surface area contributed by atoms with Crippen molar-refractivity contribution in [3.8, 4) is 6.07 Å². The van der Waals surface area contributed by atoms with Crippen molar-refractivity contribution < 1.29 is 18.0 Å². The molecular weight excluding hydrogens is 281 g/mol. The summed E-state index contributed by atoms with van der Waals surface area (Å²) in [6.07, 6.45) is 0. The lowest BCUT2D eigenvalue weighted by Crippen LogP contribution is -2.17. The quantitative estimate of drug-likeness (QED) is 0.919. The van der Waals surface area contributed by atoms with E-state index in [2.05, 4.69) is 5.32 Å². The topological polar surface area (TPSA) is 52.9 Å². The SMILES string of the molecule is Cc1ccc(C#N)cc1NC(=O)c1c(F)cc(F)cc1F. The number of nitrogens with zero attached hydrogens (tertiary/aromatic N) is 1. The van der Waals surface area contributed by atoms with Gasteiger partial charge < -0.3 is 5.32 Å².